The largest absolute Gasteiger partial charge is 0.394 e. The number of hydrogen-bond donors (Lipinski definition) is 0. The molecule has 0 aromatic rings. The first-order valence-corrected chi connectivity index (χ1v) is 9.06. The Hall–Kier alpha value is -0.163. The maximum atomic E-state index is 5.90. The average molecular weight is 260 g/mol. The van der Waals surface area contributed by atoms with Gasteiger partial charge in [0.25, 0.3) is 0 Å². The molecule has 0 N–H and O–H groups in total. The highest BCUT2D eigenvalue weighted by Gasteiger charge is 2.30. The van der Waals surface area contributed by atoms with Crippen molar-refractivity contribution in [2.45, 2.75) is 46.2 Å². The molecule has 0 aliphatic heterocycles. The molecule has 3 nitrogen and oxygen atoms in total. The molecule has 0 heterocycles. The second-order valence-electron chi connectivity index (χ2n) is 4.59. The lowest BCUT2D eigenvalue weighted by Crippen LogP contribution is -2.40. The van der Waals surface area contributed by atoms with E-state index in [2.05, 4.69) is 27.0 Å². The maximum absolute atomic E-state index is 5.90. The van der Waals surface area contributed by atoms with Gasteiger partial charge >= 0.3 is 8.56 Å². The van der Waals surface area contributed by atoms with Crippen LogP contribution in [0, 0.1) is 0 Å². The van der Waals surface area contributed by atoms with E-state index >= 15 is 0 Å². The molecule has 0 atom stereocenters. The summed E-state index contributed by atoms with van der Waals surface area (Å²) >= 11 is 0. The topological polar surface area (TPSA) is 27.7 Å². The number of rotatable bonds is 11. The lowest BCUT2D eigenvalue weighted by Gasteiger charge is -2.26. The normalized spacial score (nSPS) is 11.8. The first-order valence-electron chi connectivity index (χ1n) is 6.54. The molecule has 0 saturated heterocycles. The smallest absolute Gasteiger partial charge is 0.337 e. The van der Waals surface area contributed by atoms with Gasteiger partial charge in [-0.25, -0.2) is 0 Å². The van der Waals surface area contributed by atoms with E-state index in [9.17, 15) is 0 Å². The first kappa shape index (κ1) is 16.8. The fraction of sp³-hybridized carbons (Fsp3) is 0.846. The standard InChI is InChI=1S/C13H28O3Si/c1-6-8-15-17(5,16-9-7-2)11-10-14-12-13(3)4/h3,6-12H2,1-2,4-5H3. The summed E-state index contributed by atoms with van der Waals surface area (Å²) in [5.41, 5.74) is 1.05. The molecule has 0 radical (unpaired) electrons. The van der Waals surface area contributed by atoms with Crippen LogP contribution in [-0.2, 0) is 13.6 Å². The van der Waals surface area contributed by atoms with Gasteiger partial charge in [0.15, 0.2) is 0 Å². The molecule has 0 aromatic carbocycles. The van der Waals surface area contributed by atoms with Crippen molar-refractivity contribution in [1.29, 1.82) is 0 Å². The van der Waals surface area contributed by atoms with Gasteiger partial charge in [-0.15, -0.1) is 0 Å². The molecule has 4 heteroatoms. The Balaban J connectivity index is 3.94. The first-order chi connectivity index (χ1) is 8.04. The van der Waals surface area contributed by atoms with Gasteiger partial charge in [0.05, 0.1) is 6.61 Å². The van der Waals surface area contributed by atoms with Crippen LogP contribution in [0.2, 0.25) is 12.6 Å². The minimum Gasteiger partial charge on any atom is -0.394 e. The zero-order chi connectivity index (χ0) is 13.1. The molecular weight excluding hydrogens is 232 g/mol. The van der Waals surface area contributed by atoms with Crippen molar-refractivity contribution in [2.24, 2.45) is 0 Å². The van der Waals surface area contributed by atoms with Crippen molar-refractivity contribution in [3.05, 3.63) is 12.2 Å². The van der Waals surface area contributed by atoms with Crippen molar-refractivity contribution in [1.82, 2.24) is 0 Å². The second-order valence-corrected chi connectivity index (χ2v) is 7.94. The Morgan fingerprint density at radius 2 is 1.59 bits per heavy atom. The Kier molecular flexibility index (Phi) is 9.73. The fourth-order valence-corrected chi connectivity index (χ4v) is 3.48. The van der Waals surface area contributed by atoms with E-state index < -0.39 is 8.56 Å². The highest BCUT2D eigenvalue weighted by molar-refractivity contribution is 6.66. The molecule has 0 spiro atoms. The lowest BCUT2D eigenvalue weighted by atomic mass is 10.4. The predicted molar refractivity (Wildman–Crippen MR) is 74.5 cm³/mol. The molecule has 0 aliphatic rings. The summed E-state index contributed by atoms with van der Waals surface area (Å²) in [6, 6.07) is 0.889. The zero-order valence-electron chi connectivity index (χ0n) is 11.9. The summed E-state index contributed by atoms with van der Waals surface area (Å²) in [7, 11) is -2.02. The molecule has 0 bridgehead atoms. The van der Waals surface area contributed by atoms with Crippen LogP contribution in [0.3, 0.4) is 0 Å². The third-order valence-corrected chi connectivity index (χ3v) is 5.01. The van der Waals surface area contributed by atoms with E-state index in [0.29, 0.717) is 13.2 Å². The van der Waals surface area contributed by atoms with E-state index in [1.807, 2.05) is 6.92 Å². The minimum atomic E-state index is -2.02. The van der Waals surface area contributed by atoms with Gasteiger partial charge in [0.2, 0.25) is 0 Å². The second kappa shape index (κ2) is 9.83. The van der Waals surface area contributed by atoms with Crippen LogP contribution < -0.4 is 0 Å². The van der Waals surface area contributed by atoms with Crippen LogP contribution >= 0.6 is 0 Å². The zero-order valence-corrected chi connectivity index (χ0v) is 12.9. The highest BCUT2D eigenvalue weighted by atomic mass is 28.4. The Morgan fingerprint density at radius 1 is 1.06 bits per heavy atom. The van der Waals surface area contributed by atoms with Crippen molar-refractivity contribution in [2.75, 3.05) is 26.4 Å². The van der Waals surface area contributed by atoms with Crippen LogP contribution in [0.1, 0.15) is 33.6 Å². The molecule has 0 saturated carbocycles. The molecule has 0 fully saturated rings. The molecule has 0 aromatic heterocycles. The van der Waals surface area contributed by atoms with Crippen LogP contribution in [0.25, 0.3) is 0 Å². The summed E-state index contributed by atoms with van der Waals surface area (Å²) in [6.45, 7) is 15.0. The average Bonchev–Trinajstić information content (AvgIpc) is 2.30. The van der Waals surface area contributed by atoms with Gasteiger partial charge in [-0.05, 0) is 26.3 Å². The van der Waals surface area contributed by atoms with Gasteiger partial charge in [0.1, 0.15) is 0 Å². The van der Waals surface area contributed by atoms with Crippen LogP contribution in [-0.4, -0.2) is 35.0 Å². The SMILES string of the molecule is C=C(C)COCC[Si](C)(OCCC)OCCC. The van der Waals surface area contributed by atoms with Crippen LogP contribution in [0.4, 0.5) is 0 Å². The van der Waals surface area contributed by atoms with Gasteiger partial charge in [0, 0.05) is 25.9 Å². The minimum absolute atomic E-state index is 0.631. The number of ether oxygens (including phenoxy) is 1. The molecule has 102 valence electrons. The van der Waals surface area contributed by atoms with Crippen LogP contribution in [0.5, 0.6) is 0 Å². The third kappa shape index (κ3) is 9.53. The summed E-state index contributed by atoms with van der Waals surface area (Å²) in [6.07, 6.45) is 2.06. The molecule has 0 rings (SSSR count). The van der Waals surface area contributed by atoms with E-state index in [-0.39, 0.29) is 0 Å². The molecule has 17 heavy (non-hydrogen) atoms. The van der Waals surface area contributed by atoms with E-state index in [1.165, 1.54) is 0 Å². The van der Waals surface area contributed by atoms with Crippen LogP contribution in [0.15, 0.2) is 12.2 Å². The molecule has 0 amide bonds. The van der Waals surface area contributed by atoms with Crippen molar-refractivity contribution in [3.63, 3.8) is 0 Å². The monoisotopic (exact) mass is 260 g/mol. The lowest BCUT2D eigenvalue weighted by molar-refractivity contribution is 0.137. The predicted octanol–water partition coefficient (Wildman–Crippen LogP) is 3.50. The Labute approximate surface area is 107 Å². The number of hydrogen-bond acceptors (Lipinski definition) is 3. The summed E-state index contributed by atoms with van der Waals surface area (Å²) in [4.78, 5) is 0. The fourth-order valence-electron chi connectivity index (χ4n) is 1.33. The third-order valence-electron chi connectivity index (χ3n) is 2.27. The van der Waals surface area contributed by atoms with Gasteiger partial charge in [-0.2, -0.15) is 0 Å². The maximum Gasteiger partial charge on any atom is 0.337 e. The van der Waals surface area contributed by atoms with E-state index in [4.69, 9.17) is 13.6 Å². The van der Waals surface area contributed by atoms with Crippen molar-refractivity contribution in [3.8, 4) is 0 Å². The van der Waals surface area contributed by atoms with Crippen molar-refractivity contribution < 1.29 is 13.6 Å². The summed E-state index contributed by atoms with van der Waals surface area (Å²) in [5.74, 6) is 0. The molecular formula is C13H28O3Si. The summed E-state index contributed by atoms with van der Waals surface area (Å²) in [5, 5.41) is 0. The molecule has 0 unspecified atom stereocenters. The Morgan fingerprint density at radius 3 is 2.00 bits per heavy atom. The van der Waals surface area contributed by atoms with E-state index in [0.717, 1.165) is 37.7 Å². The van der Waals surface area contributed by atoms with Gasteiger partial charge < -0.3 is 13.6 Å². The van der Waals surface area contributed by atoms with Gasteiger partial charge in [-0.3, -0.25) is 0 Å². The van der Waals surface area contributed by atoms with Crippen molar-refractivity contribution >= 4 is 8.56 Å². The molecule has 0 aliphatic carbocycles. The summed E-state index contributed by atoms with van der Waals surface area (Å²) < 4.78 is 17.3. The Bertz CT molecular complexity index is 199. The van der Waals surface area contributed by atoms with E-state index in [1.54, 1.807) is 0 Å². The quantitative estimate of drug-likeness (QED) is 0.323. The van der Waals surface area contributed by atoms with Gasteiger partial charge in [-0.1, -0.05) is 26.0 Å². The highest BCUT2D eigenvalue weighted by Crippen LogP contribution is 2.14.